The molecular formula is C13H29N. The van der Waals surface area contributed by atoms with E-state index in [0.29, 0.717) is 0 Å². The summed E-state index contributed by atoms with van der Waals surface area (Å²) in [5.74, 6) is 0.881. The van der Waals surface area contributed by atoms with E-state index in [1.54, 1.807) is 0 Å². The molecule has 0 amide bonds. The van der Waals surface area contributed by atoms with E-state index in [4.69, 9.17) is 0 Å². The van der Waals surface area contributed by atoms with Crippen molar-refractivity contribution in [2.75, 3.05) is 6.54 Å². The van der Waals surface area contributed by atoms with Crippen LogP contribution in [0.1, 0.15) is 66.2 Å². The van der Waals surface area contributed by atoms with Crippen molar-refractivity contribution in [1.82, 2.24) is 5.32 Å². The predicted octanol–water partition coefficient (Wildman–Crippen LogP) is 3.98. The average molecular weight is 199 g/mol. The van der Waals surface area contributed by atoms with E-state index in [2.05, 4.69) is 33.0 Å². The Kier molecular flexibility index (Phi) is 9.49. The van der Waals surface area contributed by atoms with E-state index >= 15 is 0 Å². The lowest BCUT2D eigenvalue weighted by Crippen LogP contribution is -2.30. The zero-order valence-corrected chi connectivity index (χ0v) is 10.6. The first-order valence-electron chi connectivity index (χ1n) is 6.47. The van der Waals surface area contributed by atoms with Gasteiger partial charge in [-0.1, -0.05) is 47.0 Å². The van der Waals surface area contributed by atoms with Crippen molar-refractivity contribution in [3.63, 3.8) is 0 Å². The second-order valence-corrected chi connectivity index (χ2v) is 4.50. The van der Waals surface area contributed by atoms with E-state index in [9.17, 15) is 0 Å². The molecule has 0 bridgehead atoms. The molecule has 0 aromatic heterocycles. The van der Waals surface area contributed by atoms with Crippen molar-refractivity contribution in [1.29, 1.82) is 0 Å². The van der Waals surface area contributed by atoms with E-state index < -0.39 is 0 Å². The Morgan fingerprint density at radius 3 is 2.21 bits per heavy atom. The number of hydrogen-bond donors (Lipinski definition) is 1. The molecule has 1 heteroatoms. The van der Waals surface area contributed by atoms with Gasteiger partial charge in [0, 0.05) is 6.04 Å². The highest BCUT2D eigenvalue weighted by atomic mass is 14.9. The Hall–Kier alpha value is -0.0400. The van der Waals surface area contributed by atoms with Crippen molar-refractivity contribution >= 4 is 0 Å². The van der Waals surface area contributed by atoms with E-state index in [0.717, 1.165) is 12.0 Å². The van der Waals surface area contributed by atoms with Crippen LogP contribution in [0.5, 0.6) is 0 Å². The first-order valence-corrected chi connectivity index (χ1v) is 6.47. The summed E-state index contributed by atoms with van der Waals surface area (Å²) in [6.45, 7) is 10.4. The van der Waals surface area contributed by atoms with Gasteiger partial charge in [-0.2, -0.15) is 0 Å². The van der Waals surface area contributed by atoms with Crippen molar-refractivity contribution in [2.45, 2.75) is 72.3 Å². The first kappa shape index (κ1) is 14.0. The third kappa shape index (κ3) is 7.37. The average Bonchev–Trinajstić information content (AvgIpc) is 2.22. The van der Waals surface area contributed by atoms with E-state index in [-0.39, 0.29) is 0 Å². The first-order chi connectivity index (χ1) is 6.74. The smallest absolute Gasteiger partial charge is 0.00644 e. The van der Waals surface area contributed by atoms with E-state index in [1.165, 1.54) is 45.1 Å². The normalized spacial score (nSPS) is 15.4. The third-order valence-corrected chi connectivity index (χ3v) is 3.17. The monoisotopic (exact) mass is 199 g/mol. The highest BCUT2D eigenvalue weighted by Crippen LogP contribution is 2.07. The van der Waals surface area contributed by atoms with Crippen LogP contribution >= 0.6 is 0 Å². The maximum absolute atomic E-state index is 3.67. The summed E-state index contributed by atoms with van der Waals surface area (Å²) in [6.07, 6.45) is 7.97. The zero-order chi connectivity index (χ0) is 10.8. The molecule has 0 aromatic rings. The summed E-state index contributed by atoms with van der Waals surface area (Å²) in [4.78, 5) is 0. The van der Waals surface area contributed by atoms with Gasteiger partial charge in [0.15, 0.2) is 0 Å². The lowest BCUT2D eigenvalue weighted by atomic mass is 10.0. The van der Waals surface area contributed by atoms with Crippen LogP contribution in [-0.2, 0) is 0 Å². The standard InChI is InChI=1S/C13H29N/c1-5-8-9-13(7-3)14-11-10-12(4)6-2/h12-14H,5-11H2,1-4H3. The highest BCUT2D eigenvalue weighted by Gasteiger charge is 2.05. The van der Waals surface area contributed by atoms with Gasteiger partial charge in [-0.3, -0.25) is 0 Å². The molecule has 2 unspecified atom stereocenters. The minimum atomic E-state index is 0.763. The number of hydrogen-bond acceptors (Lipinski definition) is 1. The van der Waals surface area contributed by atoms with Gasteiger partial charge in [-0.15, -0.1) is 0 Å². The Balaban J connectivity index is 3.42. The van der Waals surface area contributed by atoms with Crippen molar-refractivity contribution < 1.29 is 0 Å². The van der Waals surface area contributed by atoms with Gasteiger partial charge in [0.1, 0.15) is 0 Å². The van der Waals surface area contributed by atoms with Crippen LogP contribution in [0, 0.1) is 5.92 Å². The number of rotatable bonds is 9. The zero-order valence-electron chi connectivity index (χ0n) is 10.6. The molecule has 0 fully saturated rings. The topological polar surface area (TPSA) is 12.0 Å². The van der Waals surface area contributed by atoms with Crippen LogP contribution < -0.4 is 5.32 Å². The van der Waals surface area contributed by atoms with Gasteiger partial charge in [-0.25, -0.2) is 0 Å². The molecule has 0 aliphatic carbocycles. The maximum Gasteiger partial charge on any atom is 0.00644 e. The lowest BCUT2D eigenvalue weighted by molar-refractivity contribution is 0.415. The predicted molar refractivity (Wildman–Crippen MR) is 65.7 cm³/mol. The Labute approximate surface area is 90.7 Å². The molecule has 0 aliphatic heterocycles. The molecule has 2 atom stereocenters. The number of nitrogens with one attached hydrogen (secondary N) is 1. The quantitative estimate of drug-likeness (QED) is 0.592. The fourth-order valence-electron chi connectivity index (χ4n) is 1.64. The molecular weight excluding hydrogens is 170 g/mol. The van der Waals surface area contributed by atoms with Crippen LogP contribution in [0.4, 0.5) is 0 Å². The molecule has 0 radical (unpaired) electrons. The van der Waals surface area contributed by atoms with Gasteiger partial charge < -0.3 is 5.32 Å². The third-order valence-electron chi connectivity index (χ3n) is 3.17. The SMILES string of the molecule is CCCCC(CC)NCCC(C)CC. The van der Waals surface area contributed by atoms with Gasteiger partial charge in [0.05, 0.1) is 0 Å². The van der Waals surface area contributed by atoms with Crippen molar-refractivity contribution in [3.8, 4) is 0 Å². The molecule has 0 rings (SSSR count). The molecule has 86 valence electrons. The van der Waals surface area contributed by atoms with Gasteiger partial charge in [0.2, 0.25) is 0 Å². The molecule has 0 spiro atoms. The highest BCUT2D eigenvalue weighted by molar-refractivity contribution is 4.65. The Morgan fingerprint density at radius 2 is 1.71 bits per heavy atom. The van der Waals surface area contributed by atoms with Gasteiger partial charge in [0.25, 0.3) is 0 Å². The fraction of sp³-hybridized carbons (Fsp3) is 1.00. The summed E-state index contributed by atoms with van der Waals surface area (Å²) in [7, 11) is 0. The molecule has 0 aromatic carbocycles. The minimum absolute atomic E-state index is 0.763. The fourth-order valence-corrected chi connectivity index (χ4v) is 1.64. The van der Waals surface area contributed by atoms with Crippen LogP contribution in [0.25, 0.3) is 0 Å². The summed E-state index contributed by atoms with van der Waals surface area (Å²) in [5.41, 5.74) is 0. The molecule has 0 aliphatic rings. The molecule has 1 N–H and O–H groups in total. The maximum atomic E-state index is 3.67. The van der Waals surface area contributed by atoms with Crippen molar-refractivity contribution in [3.05, 3.63) is 0 Å². The number of unbranched alkanes of at least 4 members (excludes halogenated alkanes) is 1. The lowest BCUT2D eigenvalue weighted by Gasteiger charge is -2.17. The van der Waals surface area contributed by atoms with Crippen LogP contribution in [0.15, 0.2) is 0 Å². The Morgan fingerprint density at radius 1 is 1.00 bits per heavy atom. The van der Waals surface area contributed by atoms with Crippen molar-refractivity contribution in [2.24, 2.45) is 5.92 Å². The molecule has 0 saturated carbocycles. The van der Waals surface area contributed by atoms with E-state index in [1.807, 2.05) is 0 Å². The summed E-state index contributed by atoms with van der Waals surface area (Å²) < 4.78 is 0. The van der Waals surface area contributed by atoms with Gasteiger partial charge >= 0.3 is 0 Å². The molecule has 1 nitrogen and oxygen atoms in total. The summed E-state index contributed by atoms with van der Waals surface area (Å²) >= 11 is 0. The second kappa shape index (κ2) is 9.51. The van der Waals surface area contributed by atoms with Gasteiger partial charge in [-0.05, 0) is 31.7 Å². The summed E-state index contributed by atoms with van der Waals surface area (Å²) in [6, 6.07) is 0.763. The second-order valence-electron chi connectivity index (χ2n) is 4.50. The molecule has 14 heavy (non-hydrogen) atoms. The molecule has 0 heterocycles. The van der Waals surface area contributed by atoms with Crippen LogP contribution in [-0.4, -0.2) is 12.6 Å². The largest absolute Gasteiger partial charge is 0.314 e. The Bertz CT molecular complexity index is 112. The van der Waals surface area contributed by atoms with Crippen LogP contribution in [0.3, 0.4) is 0 Å². The minimum Gasteiger partial charge on any atom is -0.314 e. The van der Waals surface area contributed by atoms with Crippen LogP contribution in [0.2, 0.25) is 0 Å². The molecule has 0 saturated heterocycles. The summed E-state index contributed by atoms with van der Waals surface area (Å²) in [5, 5.41) is 3.67.